The summed E-state index contributed by atoms with van der Waals surface area (Å²) in [5, 5.41) is 7.31. The van der Waals surface area contributed by atoms with E-state index >= 15 is 0 Å². The molecule has 210 valence electrons. The smallest absolute Gasteiger partial charge is 0.254 e. The van der Waals surface area contributed by atoms with Gasteiger partial charge in [0, 0.05) is 41.3 Å². The topological polar surface area (TPSA) is 89.6 Å². The Morgan fingerprint density at radius 2 is 1.83 bits per heavy atom. The highest BCUT2D eigenvalue weighted by atomic mass is 35.5. The van der Waals surface area contributed by atoms with Crippen molar-refractivity contribution in [2.45, 2.75) is 13.5 Å². The van der Waals surface area contributed by atoms with Crippen LogP contribution in [0, 0.1) is 6.92 Å². The van der Waals surface area contributed by atoms with Crippen molar-refractivity contribution in [1.82, 2.24) is 15.6 Å². The van der Waals surface area contributed by atoms with Crippen LogP contribution in [-0.2, 0) is 11.4 Å². The summed E-state index contributed by atoms with van der Waals surface area (Å²) < 4.78 is 11.4. The molecule has 0 atom stereocenters. The van der Waals surface area contributed by atoms with Gasteiger partial charge in [-0.05, 0) is 54.5 Å². The van der Waals surface area contributed by atoms with Crippen molar-refractivity contribution in [3.05, 3.63) is 111 Å². The molecule has 7 nitrogen and oxygen atoms in total. The predicted octanol–water partition coefficient (Wildman–Crippen LogP) is 6.64. The third kappa shape index (κ3) is 7.45. The van der Waals surface area contributed by atoms with Gasteiger partial charge in [-0.3, -0.25) is 9.59 Å². The van der Waals surface area contributed by atoms with Gasteiger partial charge in [0.15, 0.2) is 0 Å². The molecule has 0 saturated carbocycles. The van der Waals surface area contributed by atoms with E-state index in [0.717, 1.165) is 27.7 Å². The molecule has 3 aromatic carbocycles. The highest BCUT2D eigenvalue weighted by molar-refractivity contribution is 6.36. The first-order valence-corrected chi connectivity index (χ1v) is 13.5. The van der Waals surface area contributed by atoms with E-state index in [9.17, 15) is 9.59 Å². The number of rotatable bonds is 10. The third-order valence-electron chi connectivity index (χ3n) is 6.23. The Hall–Kier alpha value is -4.33. The maximum absolute atomic E-state index is 12.3. The van der Waals surface area contributed by atoms with E-state index in [0.29, 0.717) is 32.7 Å². The van der Waals surface area contributed by atoms with Gasteiger partial charge in [-0.25, -0.2) is 4.98 Å². The van der Waals surface area contributed by atoms with Crippen LogP contribution in [0.5, 0.6) is 11.5 Å². The molecule has 0 aliphatic heterocycles. The summed E-state index contributed by atoms with van der Waals surface area (Å²) in [5.41, 5.74) is 4.21. The van der Waals surface area contributed by atoms with Crippen LogP contribution in [0.25, 0.3) is 23.1 Å². The van der Waals surface area contributed by atoms with E-state index in [-0.39, 0.29) is 25.0 Å². The van der Waals surface area contributed by atoms with E-state index in [1.165, 1.54) is 13.2 Å². The molecule has 0 fully saturated rings. The summed E-state index contributed by atoms with van der Waals surface area (Å²) in [5.74, 6) is 0.540. The largest absolute Gasteiger partial charge is 0.496 e. The lowest BCUT2D eigenvalue weighted by Gasteiger charge is -2.13. The fourth-order valence-electron chi connectivity index (χ4n) is 4.07. The summed E-state index contributed by atoms with van der Waals surface area (Å²) in [4.78, 5) is 28.8. The standard InChI is InChI=1S/C32H29Cl2N3O4/c1-20-9-12-23-6-4-8-27(31(23)37-20)41-19-25-26(33)15-13-22(30(25)34)7-5-17-36-29(38)16-11-21-10-14-24(32(39)35-2)28(18-21)40-3/h4-16,18H,17,19H2,1-3H3,(H,35,39)(H,36,38)/b7-5-,16-11+. The van der Waals surface area contributed by atoms with Crippen molar-refractivity contribution >= 4 is 58.1 Å². The Kier molecular flexibility index (Phi) is 10.0. The van der Waals surface area contributed by atoms with Gasteiger partial charge in [-0.15, -0.1) is 0 Å². The monoisotopic (exact) mass is 589 g/mol. The normalized spacial score (nSPS) is 11.2. The summed E-state index contributed by atoms with van der Waals surface area (Å²) in [6, 6.07) is 18.4. The predicted molar refractivity (Wildman–Crippen MR) is 165 cm³/mol. The number of ether oxygens (including phenoxy) is 2. The Morgan fingerprint density at radius 3 is 2.61 bits per heavy atom. The van der Waals surface area contributed by atoms with Gasteiger partial charge in [-0.2, -0.15) is 0 Å². The van der Waals surface area contributed by atoms with E-state index in [2.05, 4.69) is 15.6 Å². The highest BCUT2D eigenvalue weighted by Crippen LogP contribution is 2.32. The quantitative estimate of drug-likeness (QED) is 0.202. The van der Waals surface area contributed by atoms with Crippen molar-refractivity contribution < 1.29 is 19.1 Å². The van der Waals surface area contributed by atoms with Crippen LogP contribution in [0.15, 0.2) is 72.8 Å². The first kappa shape index (κ1) is 29.6. The lowest BCUT2D eigenvalue weighted by atomic mass is 10.1. The van der Waals surface area contributed by atoms with Crippen LogP contribution in [0.1, 0.15) is 32.7 Å². The average Bonchev–Trinajstić information content (AvgIpc) is 2.98. The van der Waals surface area contributed by atoms with Crippen LogP contribution in [0.2, 0.25) is 10.0 Å². The molecule has 41 heavy (non-hydrogen) atoms. The third-order valence-corrected chi connectivity index (χ3v) is 7.03. The van der Waals surface area contributed by atoms with Crippen LogP contribution < -0.4 is 20.1 Å². The summed E-state index contributed by atoms with van der Waals surface area (Å²) in [6.07, 6.45) is 6.67. The summed E-state index contributed by atoms with van der Waals surface area (Å²) in [7, 11) is 3.04. The molecule has 0 radical (unpaired) electrons. The van der Waals surface area contributed by atoms with Gasteiger partial charge in [-0.1, -0.05) is 65.7 Å². The first-order valence-electron chi connectivity index (χ1n) is 12.8. The van der Waals surface area contributed by atoms with Gasteiger partial charge >= 0.3 is 0 Å². The number of hydrogen-bond acceptors (Lipinski definition) is 5. The fourth-order valence-corrected chi connectivity index (χ4v) is 4.61. The number of methoxy groups -OCH3 is 1. The van der Waals surface area contributed by atoms with Crippen molar-refractivity contribution in [1.29, 1.82) is 0 Å². The van der Waals surface area contributed by atoms with Crippen molar-refractivity contribution in [3.63, 3.8) is 0 Å². The molecule has 2 amide bonds. The maximum Gasteiger partial charge on any atom is 0.254 e. The first-order chi connectivity index (χ1) is 19.8. The lowest BCUT2D eigenvalue weighted by Crippen LogP contribution is -2.20. The molecule has 4 aromatic rings. The number of nitrogens with zero attached hydrogens (tertiary/aromatic N) is 1. The van der Waals surface area contributed by atoms with Crippen LogP contribution in [0.4, 0.5) is 0 Å². The molecular weight excluding hydrogens is 561 g/mol. The van der Waals surface area contributed by atoms with Crippen molar-refractivity contribution in [3.8, 4) is 11.5 Å². The van der Waals surface area contributed by atoms with E-state index in [1.807, 2.05) is 49.4 Å². The molecule has 0 unspecified atom stereocenters. The minimum atomic E-state index is -0.278. The molecule has 2 N–H and O–H groups in total. The summed E-state index contributed by atoms with van der Waals surface area (Å²) in [6.45, 7) is 2.39. The number of aryl methyl sites for hydroxylation is 1. The zero-order valence-corrected chi connectivity index (χ0v) is 24.3. The second-order valence-corrected chi connectivity index (χ2v) is 9.80. The number of carbonyl (C=O) groups is 2. The molecule has 1 aromatic heterocycles. The second kappa shape index (κ2) is 13.8. The lowest BCUT2D eigenvalue weighted by molar-refractivity contribution is -0.116. The van der Waals surface area contributed by atoms with Gasteiger partial charge < -0.3 is 20.1 Å². The van der Waals surface area contributed by atoms with E-state index in [1.54, 1.807) is 43.5 Å². The van der Waals surface area contributed by atoms with Crippen LogP contribution in [0.3, 0.4) is 0 Å². The van der Waals surface area contributed by atoms with Crippen LogP contribution >= 0.6 is 23.2 Å². The maximum atomic E-state index is 12.3. The number of aromatic nitrogens is 1. The Bertz CT molecular complexity index is 1650. The van der Waals surface area contributed by atoms with E-state index < -0.39 is 0 Å². The molecule has 1 heterocycles. The Morgan fingerprint density at radius 1 is 1.00 bits per heavy atom. The van der Waals surface area contributed by atoms with Gasteiger partial charge in [0.25, 0.3) is 5.91 Å². The van der Waals surface area contributed by atoms with E-state index in [4.69, 9.17) is 32.7 Å². The van der Waals surface area contributed by atoms with Gasteiger partial charge in [0.05, 0.1) is 17.7 Å². The zero-order valence-electron chi connectivity index (χ0n) is 22.8. The minimum Gasteiger partial charge on any atom is -0.496 e. The van der Waals surface area contributed by atoms with Gasteiger partial charge in [0.1, 0.15) is 23.6 Å². The number of halogens is 2. The average molecular weight is 591 g/mol. The zero-order chi connectivity index (χ0) is 29.4. The Balaban J connectivity index is 1.37. The molecule has 0 saturated heterocycles. The molecule has 4 rings (SSSR count). The number of amides is 2. The Labute approximate surface area is 248 Å². The number of fused-ring (bicyclic) bond motifs is 1. The van der Waals surface area contributed by atoms with Crippen LogP contribution in [-0.4, -0.2) is 37.5 Å². The summed E-state index contributed by atoms with van der Waals surface area (Å²) >= 11 is 13.1. The molecule has 0 aliphatic rings. The van der Waals surface area contributed by atoms with Crippen molar-refractivity contribution in [2.75, 3.05) is 20.7 Å². The molecule has 0 aliphatic carbocycles. The van der Waals surface area contributed by atoms with Crippen molar-refractivity contribution in [2.24, 2.45) is 0 Å². The minimum absolute atomic E-state index is 0.171. The fraction of sp³-hybridized carbons (Fsp3) is 0.156. The molecular formula is C32H29Cl2N3O4. The number of nitrogens with one attached hydrogen (secondary N) is 2. The molecule has 9 heteroatoms. The second-order valence-electron chi connectivity index (χ2n) is 9.02. The number of carbonyl (C=O) groups excluding carboxylic acids is 2. The molecule has 0 bridgehead atoms. The van der Waals surface area contributed by atoms with Gasteiger partial charge in [0.2, 0.25) is 5.91 Å². The molecule has 0 spiro atoms. The number of pyridine rings is 1. The number of benzene rings is 3. The highest BCUT2D eigenvalue weighted by Gasteiger charge is 2.13. The number of para-hydroxylation sites is 1. The number of hydrogen-bond donors (Lipinski definition) is 2. The SMILES string of the molecule is CNC(=O)c1ccc(/C=C/C(=O)NC/C=C\c2ccc(Cl)c(COc3cccc4ccc(C)nc34)c2Cl)cc1OC.